The van der Waals surface area contributed by atoms with Crippen LogP contribution in [0.5, 0.6) is 0 Å². The van der Waals surface area contributed by atoms with Gasteiger partial charge in [-0.25, -0.2) is 18.5 Å². The predicted molar refractivity (Wildman–Crippen MR) is 129 cm³/mol. The van der Waals surface area contributed by atoms with Gasteiger partial charge in [-0.2, -0.15) is 0 Å². The van der Waals surface area contributed by atoms with Crippen molar-refractivity contribution in [1.82, 2.24) is 19.9 Å². The zero-order valence-electron chi connectivity index (χ0n) is 18.2. The Kier molecular flexibility index (Phi) is 5.53. The average molecular weight is 461 g/mol. The van der Waals surface area contributed by atoms with E-state index in [1.165, 1.54) is 12.3 Å². The Bertz CT molecular complexity index is 1410. The van der Waals surface area contributed by atoms with Gasteiger partial charge in [0.25, 0.3) is 0 Å². The number of primary sulfonamides is 1. The zero-order chi connectivity index (χ0) is 23.0. The molecule has 33 heavy (non-hydrogen) atoms. The van der Waals surface area contributed by atoms with Gasteiger partial charge in [-0.3, -0.25) is 9.97 Å². The van der Waals surface area contributed by atoms with E-state index in [9.17, 15) is 8.42 Å². The van der Waals surface area contributed by atoms with E-state index in [0.29, 0.717) is 5.56 Å². The first-order valence-corrected chi connectivity index (χ1v) is 12.2. The Morgan fingerprint density at radius 2 is 1.64 bits per heavy atom. The van der Waals surface area contributed by atoms with Crippen molar-refractivity contribution in [2.75, 3.05) is 38.1 Å². The summed E-state index contributed by atoms with van der Waals surface area (Å²) < 4.78 is 23.5. The molecule has 0 spiro atoms. The largest absolute Gasteiger partial charge is 0.354 e. The van der Waals surface area contributed by atoms with Crippen molar-refractivity contribution in [2.24, 2.45) is 5.14 Å². The first-order valence-electron chi connectivity index (χ1n) is 10.7. The topological polar surface area (TPSA) is 105 Å². The SMILES string of the molecule is CN1CCN(c2ccc(-c3ccnc4ccc(-c5cncc(S(N)(=O)=O)c5)cc34)cn2)CC1. The van der Waals surface area contributed by atoms with Crippen LogP contribution in [0.2, 0.25) is 0 Å². The van der Waals surface area contributed by atoms with Crippen LogP contribution in [0, 0.1) is 0 Å². The molecule has 5 rings (SSSR count). The molecule has 9 heteroatoms. The van der Waals surface area contributed by atoms with Gasteiger partial charge in [0.15, 0.2) is 0 Å². The molecule has 0 unspecified atom stereocenters. The molecule has 2 N–H and O–H groups in total. The highest BCUT2D eigenvalue weighted by Crippen LogP contribution is 2.32. The molecule has 1 aliphatic heterocycles. The van der Waals surface area contributed by atoms with Gasteiger partial charge < -0.3 is 9.80 Å². The van der Waals surface area contributed by atoms with E-state index >= 15 is 0 Å². The number of likely N-dealkylation sites (N-methyl/N-ethyl adjacent to an activating group) is 1. The molecule has 8 nitrogen and oxygen atoms in total. The lowest BCUT2D eigenvalue weighted by atomic mass is 9.99. The summed E-state index contributed by atoms with van der Waals surface area (Å²) in [6.07, 6.45) is 6.56. The average Bonchev–Trinajstić information content (AvgIpc) is 2.83. The van der Waals surface area contributed by atoms with E-state index in [1.54, 1.807) is 12.4 Å². The highest BCUT2D eigenvalue weighted by atomic mass is 32.2. The van der Waals surface area contributed by atoms with Crippen molar-refractivity contribution < 1.29 is 8.42 Å². The molecule has 1 saturated heterocycles. The minimum absolute atomic E-state index is 0.0183. The number of piperazine rings is 1. The van der Waals surface area contributed by atoms with E-state index in [4.69, 9.17) is 10.1 Å². The highest BCUT2D eigenvalue weighted by Gasteiger charge is 2.16. The Labute approximate surface area is 192 Å². The Balaban J connectivity index is 1.52. The molecule has 0 saturated carbocycles. The first-order chi connectivity index (χ1) is 15.9. The molecular weight excluding hydrogens is 436 g/mol. The zero-order valence-corrected chi connectivity index (χ0v) is 19.0. The van der Waals surface area contributed by atoms with Gasteiger partial charge in [0, 0.05) is 67.5 Å². The summed E-state index contributed by atoms with van der Waals surface area (Å²) in [6, 6.07) is 13.5. The molecule has 1 fully saturated rings. The molecule has 0 radical (unpaired) electrons. The minimum Gasteiger partial charge on any atom is -0.354 e. The number of sulfonamides is 1. The van der Waals surface area contributed by atoms with Gasteiger partial charge in [-0.15, -0.1) is 0 Å². The summed E-state index contributed by atoms with van der Waals surface area (Å²) in [5.41, 5.74) is 4.34. The van der Waals surface area contributed by atoms with Gasteiger partial charge in [0.1, 0.15) is 10.7 Å². The molecular formula is C24H24N6O2S. The number of hydrogen-bond donors (Lipinski definition) is 1. The van der Waals surface area contributed by atoms with E-state index in [0.717, 1.165) is 59.6 Å². The fraction of sp³-hybridized carbons (Fsp3) is 0.208. The van der Waals surface area contributed by atoms with Crippen molar-refractivity contribution in [3.05, 3.63) is 67.3 Å². The molecule has 0 amide bonds. The maximum Gasteiger partial charge on any atom is 0.239 e. The molecule has 1 aliphatic rings. The van der Waals surface area contributed by atoms with Gasteiger partial charge >= 0.3 is 0 Å². The summed E-state index contributed by atoms with van der Waals surface area (Å²) in [4.78, 5) is 17.9. The molecule has 0 bridgehead atoms. The summed E-state index contributed by atoms with van der Waals surface area (Å²) in [5.74, 6) is 0.983. The monoisotopic (exact) mass is 460 g/mol. The van der Waals surface area contributed by atoms with E-state index in [-0.39, 0.29) is 4.90 Å². The van der Waals surface area contributed by atoms with Gasteiger partial charge in [0.05, 0.1) is 5.52 Å². The lowest BCUT2D eigenvalue weighted by Crippen LogP contribution is -2.44. The number of fused-ring (bicyclic) bond motifs is 1. The van der Waals surface area contributed by atoms with Crippen LogP contribution in [0.15, 0.2) is 72.1 Å². The lowest BCUT2D eigenvalue weighted by Gasteiger charge is -2.33. The summed E-state index contributed by atoms with van der Waals surface area (Å²) >= 11 is 0. The Morgan fingerprint density at radius 1 is 0.848 bits per heavy atom. The Hall–Kier alpha value is -3.40. The summed E-state index contributed by atoms with van der Waals surface area (Å²) in [5, 5.41) is 6.23. The Morgan fingerprint density at radius 3 is 2.36 bits per heavy atom. The fourth-order valence-electron chi connectivity index (χ4n) is 4.08. The maximum absolute atomic E-state index is 11.7. The molecule has 1 aromatic carbocycles. The van der Waals surface area contributed by atoms with Crippen LogP contribution in [-0.2, 0) is 10.0 Å². The van der Waals surface area contributed by atoms with Gasteiger partial charge in [-0.05, 0) is 54.6 Å². The summed E-state index contributed by atoms with van der Waals surface area (Å²) in [7, 11) is -1.70. The van der Waals surface area contributed by atoms with E-state index in [2.05, 4.69) is 38.9 Å². The minimum atomic E-state index is -3.83. The molecule has 0 aliphatic carbocycles. The number of hydrogen-bond acceptors (Lipinski definition) is 7. The first kappa shape index (κ1) is 21.4. The smallest absolute Gasteiger partial charge is 0.239 e. The van der Waals surface area contributed by atoms with Crippen LogP contribution in [0.1, 0.15) is 0 Å². The molecule has 168 valence electrons. The maximum atomic E-state index is 11.7. The number of pyridine rings is 3. The normalized spacial score (nSPS) is 15.2. The standard InChI is InChI=1S/C24H24N6O2S/c1-29-8-10-30(11-9-29)24-5-3-18(15-28-24)21-6-7-27-23-4-2-17(13-22(21)23)19-12-20(16-26-14-19)33(25,31)32/h2-7,12-16H,8-11H2,1H3,(H2,25,31,32). The molecule has 4 heterocycles. The van der Waals surface area contributed by atoms with Crippen molar-refractivity contribution in [1.29, 1.82) is 0 Å². The van der Waals surface area contributed by atoms with Crippen molar-refractivity contribution in [3.63, 3.8) is 0 Å². The lowest BCUT2D eigenvalue weighted by molar-refractivity contribution is 0.312. The number of nitrogens with two attached hydrogens (primary N) is 1. The van der Waals surface area contributed by atoms with Crippen LogP contribution < -0.4 is 10.0 Å². The second-order valence-corrected chi connectivity index (χ2v) is 9.80. The highest BCUT2D eigenvalue weighted by molar-refractivity contribution is 7.89. The quantitative estimate of drug-likeness (QED) is 0.499. The van der Waals surface area contributed by atoms with Crippen LogP contribution in [0.4, 0.5) is 5.82 Å². The molecule has 3 aromatic heterocycles. The van der Waals surface area contributed by atoms with E-state index < -0.39 is 10.0 Å². The van der Waals surface area contributed by atoms with Crippen molar-refractivity contribution >= 4 is 26.7 Å². The van der Waals surface area contributed by atoms with Gasteiger partial charge in [0.2, 0.25) is 10.0 Å². The van der Waals surface area contributed by atoms with Crippen molar-refractivity contribution in [3.8, 4) is 22.3 Å². The van der Waals surface area contributed by atoms with Crippen molar-refractivity contribution in [2.45, 2.75) is 4.90 Å². The summed E-state index contributed by atoms with van der Waals surface area (Å²) in [6.45, 7) is 4.00. The molecule has 4 aromatic rings. The van der Waals surface area contributed by atoms with E-state index in [1.807, 2.05) is 30.5 Å². The fourth-order valence-corrected chi connectivity index (χ4v) is 4.58. The van der Waals surface area contributed by atoms with Crippen LogP contribution in [0.25, 0.3) is 33.2 Å². The molecule has 0 atom stereocenters. The van der Waals surface area contributed by atoms with Crippen LogP contribution in [-0.4, -0.2) is 61.5 Å². The second-order valence-electron chi connectivity index (χ2n) is 8.24. The number of rotatable bonds is 4. The predicted octanol–water partition coefficient (Wildman–Crippen LogP) is 2.76. The number of anilines is 1. The number of aromatic nitrogens is 3. The second kappa shape index (κ2) is 8.51. The third-order valence-corrected chi connectivity index (χ3v) is 6.88. The van der Waals surface area contributed by atoms with Gasteiger partial charge in [-0.1, -0.05) is 6.07 Å². The third kappa shape index (κ3) is 4.43. The van der Waals surface area contributed by atoms with Crippen LogP contribution >= 0.6 is 0 Å². The number of benzene rings is 1. The van der Waals surface area contributed by atoms with Crippen LogP contribution in [0.3, 0.4) is 0 Å². The third-order valence-electron chi connectivity index (χ3n) is 6.00. The number of nitrogens with zero attached hydrogens (tertiary/aromatic N) is 5.